The number of carbonyl (C=O) groups is 2. The van der Waals surface area contributed by atoms with E-state index in [1.807, 2.05) is 60.7 Å². The first-order chi connectivity index (χ1) is 19.5. The molecule has 5 rings (SSSR count). The first-order valence-corrected chi connectivity index (χ1v) is 13.3. The first-order valence-electron chi connectivity index (χ1n) is 13.3. The minimum Gasteiger partial charge on any atom is -0.445 e. The number of carbonyl (C=O) groups excluding carboxylic acids is 2. The molecule has 2 aromatic carbocycles. The number of nitrogens with zero attached hydrogens (tertiary/aromatic N) is 4. The summed E-state index contributed by atoms with van der Waals surface area (Å²) in [5.74, 6) is 0.550. The summed E-state index contributed by atoms with van der Waals surface area (Å²) in [7, 11) is 0. The number of rotatable bonds is 10. The average molecular weight is 537 g/mol. The van der Waals surface area contributed by atoms with Crippen LogP contribution in [0.3, 0.4) is 0 Å². The van der Waals surface area contributed by atoms with Gasteiger partial charge in [-0.05, 0) is 29.5 Å². The number of nitrogens with one attached hydrogen (secondary N) is 1. The highest BCUT2D eigenvalue weighted by Gasteiger charge is 2.26. The van der Waals surface area contributed by atoms with Gasteiger partial charge in [-0.15, -0.1) is 0 Å². The van der Waals surface area contributed by atoms with Crippen molar-refractivity contribution in [2.75, 3.05) is 30.3 Å². The van der Waals surface area contributed by atoms with Gasteiger partial charge in [-0.2, -0.15) is 0 Å². The maximum atomic E-state index is 13.2. The molecule has 40 heavy (non-hydrogen) atoms. The summed E-state index contributed by atoms with van der Waals surface area (Å²) in [5.41, 5.74) is 11.5. The lowest BCUT2D eigenvalue weighted by atomic mass is 9.99. The van der Waals surface area contributed by atoms with E-state index < -0.39 is 6.09 Å². The Bertz CT molecular complexity index is 1470. The molecule has 0 unspecified atom stereocenters. The number of hydrogen-bond donors (Lipinski definition) is 2. The number of ether oxygens (including phenoxy) is 1. The molecule has 2 aromatic heterocycles. The van der Waals surface area contributed by atoms with Gasteiger partial charge >= 0.3 is 6.09 Å². The van der Waals surface area contributed by atoms with Crippen molar-refractivity contribution in [2.24, 2.45) is 5.92 Å². The molecule has 0 radical (unpaired) electrons. The van der Waals surface area contributed by atoms with Gasteiger partial charge in [0.1, 0.15) is 12.3 Å². The van der Waals surface area contributed by atoms with E-state index in [1.165, 1.54) is 0 Å². The van der Waals surface area contributed by atoms with Gasteiger partial charge in [-0.3, -0.25) is 9.78 Å². The molecule has 3 N–H and O–H groups in total. The van der Waals surface area contributed by atoms with Crippen LogP contribution in [0.1, 0.15) is 34.1 Å². The number of anilines is 2. The number of ketones is 1. The van der Waals surface area contributed by atoms with E-state index in [2.05, 4.69) is 32.1 Å². The van der Waals surface area contributed by atoms with Crippen molar-refractivity contribution in [2.45, 2.75) is 26.4 Å². The van der Waals surface area contributed by atoms with Crippen LogP contribution in [-0.4, -0.2) is 46.5 Å². The van der Waals surface area contributed by atoms with Crippen LogP contribution in [-0.2, 0) is 24.2 Å². The number of nitrogens with two attached hydrogens (primary N) is 1. The molecule has 1 fully saturated rings. The molecule has 204 valence electrons. The van der Waals surface area contributed by atoms with Crippen molar-refractivity contribution in [3.8, 4) is 11.3 Å². The largest absolute Gasteiger partial charge is 0.445 e. The fraction of sp³-hybridized carbons (Fsp3) is 0.258. The van der Waals surface area contributed by atoms with Crippen LogP contribution < -0.4 is 16.0 Å². The minimum absolute atomic E-state index is 0.110. The van der Waals surface area contributed by atoms with Crippen LogP contribution in [0.2, 0.25) is 0 Å². The van der Waals surface area contributed by atoms with Gasteiger partial charge in [0.2, 0.25) is 0 Å². The van der Waals surface area contributed by atoms with Crippen molar-refractivity contribution in [3.05, 3.63) is 102 Å². The lowest BCUT2D eigenvalue weighted by Crippen LogP contribution is -2.45. The highest BCUT2D eigenvalue weighted by molar-refractivity contribution is 6.00. The molecule has 1 aliphatic heterocycles. The number of Topliss-reactive ketones (excluding diaryl/α,β-unsaturated/α-hetero) is 1. The van der Waals surface area contributed by atoms with Gasteiger partial charge in [0.25, 0.3) is 0 Å². The summed E-state index contributed by atoms with van der Waals surface area (Å²) < 4.78 is 5.24. The highest BCUT2D eigenvalue weighted by Crippen LogP contribution is 2.28. The first kappa shape index (κ1) is 26.8. The van der Waals surface area contributed by atoms with Crippen LogP contribution in [0.25, 0.3) is 11.3 Å². The predicted molar refractivity (Wildman–Crippen MR) is 154 cm³/mol. The van der Waals surface area contributed by atoms with E-state index in [9.17, 15) is 9.59 Å². The maximum absolute atomic E-state index is 13.2. The van der Waals surface area contributed by atoms with E-state index in [4.69, 9.17) is 10.5 Å². The monoisotopic (exact) mass is 536 g/mol. The van der Waals surface area contributed by atoms with Crippen LogP contribution in [0.15, 0.2) is 79.3 Å². The van der Waals surface area contributed by atoms with E-state index >= 15 is 0 Å². The predicted octanol–water partition coefficient (Wildman–Crippen LogP) is 4.47. The highest BCUT2D eigenvalue weighted by atomic mass is 16.5. The molecule has 9 nitrogen and oxygen atoms in total. The zero-order chi connectivity index (χ0) is 27.9. The van der Waals surface area contributed by atoms with Gasteiger partial charge in [0.05, 0.1) is 11.9 Å². The molecule has 4 aromatic rings. The number of aromatic nitrogens is 3. The van der Waals surface area contributed by atoms with Crippen molar-refractivity contribution >= 4 is 23.4 Å². The summed E-state index contributed by atoms with van der Waals surface area (Å²) in [4.78, 5) is 40.5. The summed E-state index contributed by atoms with van der Waals surface area (Å²) >= 11 is 0. The topological polar surface area (TPSA) is 123 Å². The fourth-order valence-electron chi connectivity index (χ4n) is 4.68. The third kappa shape index (κ3) is 6.61. The second kappa shape index (κ2) is 12.4. The molecule has 1 aliphatic rings. The zero-order valence-electron chi connectivity index (χ0n) is 22.4. The standard InChI is InChI=1S/C31H32N6O3/c1-21-18-37(19-21)27-12-13-33-16-25(27)15-28(38)29-30(32)35-17-26(36-29)24-9-7-22(8-10-24)11-14-34-31(39)40-20-23-5-3-2-4-6-23/h2-10,12-13,16-17,21H,11,14-15,18-20H2,1H3,(H2,32,35)(H,34,39). The Morgan fingerprint density at radius 3 is 2.55 bits per heavy atom. The summed E-state index contributed by atoms with van der Waals surface area (Å²) in [6.45, 7) is 4.81. The summed E-state index contributed by atoms with van der Waals surface area (Å²) in [5, 5.41) is 2.77. The maximum Gasteiger partial charge on any atom is 0.407 e. The number of amides is 1. The Morgan fingerprint density at radius 1 is 1.02 bits per heavy atom. The average Bonchev–Trinajstić information content (AvgIpc) is 2.96. The Labute approximate surface area is 233 Å². The van der Waals surface area contributed by atoms with Gasteiger partial charge in [-0.1, -0.05) is 61.5 Å². The molecule has 0 aliphatic carbocycles. The molecule has 0 saturated carbocycles. The smallest absolute Gasteiger partial charge is 0.407 e. The number of alkyl carbamates (subject to hydrolysis) is 1. The zero-order valence-corrected chi connectivity index (χ0v) is 22.4. The Kier molecular flexibility index (Phi) is 8.29. The molecule has 3 heterocycles. The molecule has 1 saturated heterocycles. The molecule has 0 atom stereocenters. The van der Waals surface area contributed by atoms with Crippen LogP contribution >= 0.6 is 0 Å². The van der Waals surface area contributed by atoms with Crippen LogP contribution in [0.5, 0.6) is 0 Å². The van der Waals surface area contributed by atoms with E-state index in [0.29, 0.717) is 24.6 Å². The van der Waals surface area contributed by atoms with E-state index in [-0.39, 0.29) is 30.3 Å². The van der Waals surface area contributed by atoms with Crippen molar-refractivity contribution in [1.29, 1.82) is 0 Å². The second-order valence-electron chi connectivity index (χ2n) is 10.0. The molecule has 0 spiro atoms. The minimum atomic E-state index is -0.451. The number of nitrogen functional groups attached to an aromatic ring is 1. The third-order valence-electron chi connectivity index (χ3n) is 6.84. The van der Waals surface area contributed by atoms with Gasteiger partial charge in [0.15, 0.2) is 11.6 Å². The Hall–Kier alpha value is -4.79. The van der Waals surface area contributed by atoms with Crippen LogP contribution in [0, 0.1) is 5.92 Å². The molecule has 0 bridgehead atoms. The Morgan fingerprint density at radius 2 is 1.80 bits per heavy atom. The van der Waals surface area contributed by atoms with Crippen LogP contribution in [0.4, 0.5) is 16.3 Å². The SMILES string of the molecule is CC1CN(c2ccncc2CC(=O)c2nc(-c3ccc(CCNC(=O)OCc4ccccc4)cc3)cnc2N)C1. The Balaban J connectivity index is 1.17. The van der Waals surface area contributed by atoms with Crippen molar-refractivity contribution < 1.29 is 14.3 Å². The lowest BCUT2D eigenvalue weighted by molar-refractivity contribution is 0.0988. The number of benzene rings is 2. The lowest BCUT2D eigenvalue weighted by Gasteiger charge is -2.40. The van der Waals surface area contributed by atoms with Crippen molar-refractivity contribution in [1.82, 2.24) is 20.3 Å². The molecular weight excluding hydrogens is 504 g/mol. The van der Waals surface area contributed by atoms with Gasteiger partial charge in [0, 0.05) is 55.3 Å². The van der Waals surface area contributed by atoms with Crippen molar-refractivity contribution in [3.63, 3.8) is 0 Å². The normalized spacial score (nSPS) is 13.0. The third-order valence-corrected chi connectivity index (χ3v) is 6.84. The summed E-state index contributed by atoms with van der Waals surface area (Å²) in [6.07, 6.45) is 5.39. The van der Waals surface area contributed by atoms with Gasteiger partial charge < -0.3 is 20.7 Å². The second-order valence-corrected chi connectivity index (χ2v) is 10.0. The van der Waals surface area contributed by atoms with Gasteiger partial charge in [-0.25, -0.2) is 14.8 Å². The molecule has 1 amide bonds. The number of pyridine rings is 1. The van der Waals surface area contributed by atoms with E-state index in [1.54, 1.807) is 18.6 Å². The quantitative estimate of drug-likeness (QED) is 0.285. The fourth-order valence-corrected chi connectivity index (χ4v) is 4.68. The molecule has 9 heteroatoms. The number of hydrogen-bond acceptors (Lipinski definition) is 8. The summed E-state index contributed by atoms with van der Waals surface area (Å²) in [6, 6.07) is 19.2. The molecular formula is C31H32N6O3. The van der Waals surface area contributed by atoms with E-state index in [0.717, 1.165) is 41.0 Å².